The lowest BCUT2D eigenvalue weighted by Crippen LogP contribution is -2.38. The number of hydrogen-bond donors (Lipinski definition) is 3. The molecule has 1 heterocycles. The molecule has 0 radical (unpaired) electrons. The number of phenols is 1. The average Bonchev–Trinajstić information content (AvgIpc) is 3.16. The molecule has 39 heavy (non-hydrogen) atoms. The van der Waals surface area contributed by atoms with Crippen LogP contribution in [-0.4, -0.2) is 34.3 Å². The fourth-order valence-electron chi connectivity index (χ4n) is 5.18. The van der Waals surface area contributed by atoms with E-state index < -0.39 is 63.6 Å². The fraction of sp³-hybridized carbons (Fsp3) is 0.207. The molecule has 0 spiro atoms. The molecule has 3 aromatic carbocycles. The first-order valence-electron chi connectivity index (χ1n) is 11.9. The number of aliphatic hydroxyl groups is 1. The summed E-state index contributed by atoms with van der Waals surface area (Å²) in [5, 5.41) is 25.7. The third kappa shape index (κ3) is 3.99. The highest BCUT2D eigenvalue weighted by Gasteiger charge is 2.55. The highest BCUT2D eigenvalue weighted by Crippen LogP contribution is 2.56. The smallest absolute Gasteiger partial charge is 0.387 e. The maximum absolute atomic E-state index is 13.6. The number of hydrogen-bond acceptors (Lipinski definition) is 7. The molecule has 1 aliphatic heterocycles. The van der Waals surface area contributed by atoms with Gasteiger partial charge in [-0.15, -0.1) is 0 Å². The Labute approximate surface area is 221 Å². The van der Waals surface area contributed by atoms with Crippen molar-refractivity contribution in [2.45, 2.75) is 39.3 Å². The summed E-state index contributed by atoms with van der Waals surface area (Å²) in [6, 6.07) is 12.2. The third-order valence-corrected chi connectivity index (χ3v) is 7.13. The molecule has 0 saturated carbocycles. The summed E-state index contributed by atoms with van der Waals surface area (Å²) in [6.45, 7) is 0.985. The maximum atomic E-state index is 13.6. The summed E-state index contributed by atoms with van der Waals surface area (Å²) >= 11 is 0. The predicted octanol–water partition coefficient (Wildman–Crippen LogP) is 4.90. The van der Waals surface area contributed by atoms with Gasteiger partial charge < -0.3 is 25.0 Å². The Kier molecular flexibility index (Phi) is 6.13. The van der Waals surface area contributed by atoms with E-state index in [0.717, 1.165) is 41.0 Å². The summed E-state index contributed by atoms with van der Waals surface area (Å²) in [6.07, 6.45) is 1.03. The Balaban J connectivity index is 1.62. The number of phenolic OH excluding ortho intramolecular Hbond substituents is 1. The minimum atomic E-state index is -3.34. The lowest BCUT2D eigenvalue weighted by Gasteiger charge is -2.27. The van der Waals surface area contributed by atoms with Crippen molar-refractivity contribution < 1.29 is 42.9 Å². The number of carbonyl (C=O) groups excluding carboxylic acids is 3. The minimum Gasteiger partial charge on any atom is -0.507 e. The molecule has 2 aliphatic rings. The van der Waals surface area contributed by atoms with Crippen LogP contribution in [0.15, 0.2) is 65.6 Å². The van der Waals surface area contributed by atoms with Gasteiger partial charge in [0, 0.05) is 18.7 Å². The van der Waals surface area contributed by atoms with Crippen molar-refractivity contribution in [1.29, 1.82) is 0 Å². The molecular weight excluding hydrogens is 512 g/mol. The van der Waals surface area contributed by atoms with Crippen LogP contribution < -0.4 is 14.8 Å². The van der Waals surface area contributed by atoms with Crippen molar-refractivity contribution in [3.63, 3.8) is 0 Å². The first kappa shape index (κ1) is 25.9. The fourth-order valence-corrected chi connectivity index (χ4v) is 5.18. The number of benzene rings is 3. The number of rotatable bonds is 6. The molecule has 200 valence electrons. The van der Waals surface area contributed by atoms with E-state index in [0.29, 0.717) is 0 Å². The number of Topliss-reactive ketones (excluding diaryl/α,β-unsaturated/α-hetero) is 2. The number of allylic oxidation sites excluding steroid dienone is 3. The van der Waals surface area contributed by atoms with Gasteiger partial charge in [0.15, 0.2) is 17.3 Å². The van der Waals surface area contributed by atoms with Gasteiger partial charge in [-0.3, -0.25) is 14.4 Å². The second-order valence-electron chi connectivity index (χ2n) is 9.50. The van der Waals surface area contributed by atoms with Crippen LogP contribution in [0.3, 0.4) is 0 Å². The van der Waals surface area contributed by atoms with E-state index in [1.807, 2.05) is 43.3 Å². The number of ether oxygens (including phenoxy) is 2. The second-order valence-corrected chi connectivity index (χ2v) is 9.50. The maximum Gasteiger partial charge on any atom is 0.387 e. The zero-order valence-electron chi connectivity index (χ0n) is 21.1. The number of aliphatic hydroxyl groups excluding tert-OH is 1. The molecule has 0 fully saturated rings. The average molecular weight is 535 g/mol. The molecule has 3 N–H and O–H groups in total. The number of fused-ring (bicyclic) bond motifs is 4. The number of aryl methyl sites for hydroxylation is 1. The first-order valence-corrected chi connectivity index (χ1v) is 11.9. The van der Waals surface area contributed by atoms with Crippen molar-refractivity contribution >= 4 is 28.2 Å². The van der Waals surface area contributed by atoms with Gasteiger partial charge in [-0.25, -0.2) is 0 Å². The SMILES string of the molecule is CC(=O)C1=C(O)C=C2Oc3c(C(=O)NCc4c(C)ccc5ccccc45)c(OC(F)F)cc(O)c3[C@]2(C)C1=O. The molecule has 1 amide bonds. The van der Waals surface area contributed by atoms with Gasteiger partial charge in [-0.05, 0) is 42.7 Å². The molecule has 3 aromatic rings. The van der Waals surface area contributed by atoms with Crippen molar-refractivity contribution in [3.8, 4) is 17.2 Å². The van der Waals surface area contributed by atoms with Crippen molar-refractivity contribution in [1.82, 2.24) is 5.32 Å². The third-order valence-electron chi connectivity index (χ3n) is 7.13. The van der Waals surface area contributed by atoms with Crippen LogP contribution >= 0.6 is 0 Å². The first-order chi connectivity index (χ1) is 18.4. The van der Waals surface area contributed by atoms with Crippen LogP contribution in [0.25, 0.3) is 10.8 Å². The monoisotopic (exact) mass is 535 g/mol. The Morgan fingerprint density at radius 2 is 1.87 bits per heavy atom. The van der Waals surface area contributed by atoms with Gasteiger partial charge in [-0.1, -0.05) is 36.4 Å². The number of aromatic hydroxyl groups is 1. The largest absolute Gasteiger partial charge is 0.507 e. The van der Waals surface area contributed by atoms with Crippen molar-refractivity contribution in [2.24, 2.45) is 0 Å². The topological polar surface area (TPSA) is 122 Å². The van der Waals surface area contributed by atoms with Gasteiger partial charge in [0.25, 0.3) is 5.91 Å². The normalized spacial score (nSPS) is 18.0. The minimum absolute atomic E-state index is 0.0194. The van der Waals surface area contributed by atoms with Crippen LogP contribution in [0.5, 0.6) is 17.2 Å². The Morgan fingerprint density at radius 1 is 1.15 bits per heavy atom. The number of carbonyl (C=O) groups is 3. The molecule has 0 unspecified atom stereocenters. The van der Waals surface area contributed by atoms with Crippen molar-refractivity contribution in [2.75, 3.05) is 0 Å². The van der Waals surface area contributed by atoms with Crippen LogP contribution in [0.1, 0.15) is 40.9 Å². The van der Waals surface area contributed by atoms with Gasteiger partial charge in [-0.2, -0.15) is 8.78 Å². The molecule has 1 atom stereocenters. The number of ketones is 2. The molecular formula is C29H23F2NO7. The Morgan fingerprint density at radius 3 is 2.56 bits per heavy atom. The van der Waals surface area contributed by atoms with Gasteiger partial charge in [0.2, 0.25) is 0 Å². The van der Waals surface area contributed by atoms with E-state index in [1.54, 1.807) is 0 Å². The van der Waals surface area contributed by atoms with E-state index in [9.17, 15) is 33.4 Å². The molecule has 0 aromatic heterocycles. The summed E-state index contributed by atoms with van der Waals surface area (Å²) < 4.78 is 37.0. The molecule has 0 bridgehead atoms. The Hall–Kier alpha value is -4.73. The summed E-state index contributed by atoms with van der Waals surface area (Å²) in [4.78, 5) is 39.0. The van der Waals surface area contributed by atoms with Crippen LogP contribution in [0.2, 0.25) is 0 Å². The van der Waals surface area contributed by atoms with E-state index in [-0.39, 0.29) is 17.9 Å². The van der Waals surface area contributed by atoms with Crippen LogP contribution in [-0.2, 0) is 21.5 Å². The van der Waals surface area contributed by atoms with Crippen molar-refractivity contribution in [3.05, 3.63) is 87.9 Å². The van der Waals surface area contributed by atoms with E-state index >= 15 is 0 Å². The molecule has 0 saturated heterocycles. The van der Waals surface area contributed by atoms with E-state index in [2.05, 4.69) is 10.1 Å². The molecule has 1 aliphatic carbocycles. The predicted molar refractivity (Wildman–Crippen MR) is 136 cm³/mol. The second kappa shape index (κ2) is 9.23. The summed E-state index contributed by atoms with van der Waals surface area (Å²) in [5.41, 5.74) is -1.32. The number of alkyl halides is 2. The standard InChI is InChI=1S/C29H23F2NO7/c1-13-8-9-15-6-4-5-7-16(15)17(13)12-32-27(37)23-20(38-28(30)31)10-19(35)24-25(23)39-21-11-18(34)22(14(2)33)26(36)29(21,24)3/h4-11,28,34-35H,12H2,1-3H3,(H,32,37)/t29-/m1/s1. The summed E-state index contributed by atoms with van der Waals surface area (Å²) in [5.74, 6) is -5.02. The number of amides is 1. The lowest BCUT2D eigenvalue weighted by molar-refractivity contribution is -0.123. The zero-order valence-corrected chi connectivity index (χ0v) is 21.1. The van der Waals surface area contributed by atoms with Crippen LogP contribution in [0.4, 0.5) is 8.78 Å². The number of halogens is 2. The quantitative estimate of drug-likeness (QED) is 0.384. The van der Waals surface area contributed by atoms with Gasteiger partial charge >= 0.3 is 6.61 Å². The van der Waals surface area contributed by atoms with Gasteiger partial charge in [0.05, 0.1) is 5.56 Å². The molecule has 8 nitrogen and oxygen atoms in total. The Bertz CT molecular complexity index is 1660. The highest BCUT2D eigenvalue weighted by molar-refractivity contribution is 6.25. The molecule has 10 heteroatoms. The number of nitrogens with one attached hydrogen (secondary N) is 1. The highest BCUT2D eigenvalue weighted by atomic mass is 19.3. The lowest BCUT2D eigenvalue weighted by atomic mass is 9.71. The zero-order chi connectivity index (χ0) is 28.2. The molecule has 5 rings (SSSR count). The van der Waals surface area contributed by atoms with Gasteiger partial charge in [0.1, 0.15) is 39.6 Å². The summed E-state index contributed by atoms with van der Waals surface area (Å²) in [7, 11) is 0. The van der Waals surface area contributed by atoms with E-state index in [4.69, 9.17) is 4.74 Å². The van der Waals surface area contributed by atoms with Crippen LogP contribution in [0, 0.1) is 6.92 Å². The van der Waals surface area contributed by atoms with E-state index in [1.165, 1.54) is 6.92 Å².